The summed E-state index contributed by atoms with van der Waals surface area (Å²) in [7, 11) is 0. The first-order chi connectivity index (χ1) is 6.87. The average Bonchev–Trinajstić information content (AvgIpc) is 2.50. The van der Waals surface area contributed by atoms with Gasteiger partial charge in [-0.15, -0.1) is 0 Å². The van der Waals surface area contributed by atoms with Crippen LogP contribution in [0.3, 0.4) is 0 Å². The highest BCUT2D eigenvalue weighted by Gasteiger charge is 2.64. The molecule has 1 heterocycles. The van der Waals surface area contributed by atoms with E-state index in [1.165, 1.54) is 0 Å². The van der Waals surface area contributed by atoms with Crippen molar-refractivity contribution in [2.75, 3.05) is 0 Å². The molecule has 0 aromatic carbocycles. The zero-order valence-electron chi connectivity index (χ0n) is 9.37. The van der Waals surface area contributed by atoms with Gasteiger partial charge in [-0.05, 0) is 19.3 Å². The Morgan fingerprint density at radius 1 is 1.47 bits per heavy atom. The molecule has 0 saturated heterocycles. The van der Waals surface area contributed by atoms with Crippen LogP contribution >= 0.6 is 0 Å². The molecule has 0 aliphatic heterocycles. The van der Waals surface area contributed by atoms with Crippen LogP contribution in [-0.4, -0.2) is 16.2 Å². The Bertz CT molecular complexity index is 400. The van der Waals surface area contributed by atoms with Crippen LogP contribution in [0.15, 0.2) is 4.52 Å². The van der Waals surface area contributed by atoms with Gasteiger partial charge in [0.25, 0.3) is 0 Å². The third-order valence-corrected chi connectivity index (χ3v) is 3.49. The largest absolute Gasteiger partial charge is 0.481 e. The average molecular weight is 209 g/mol. The number of carboxylic acids is 1. The molecule has 4 nitrogen and oxygen atoms in total. The van der Waals surface area contributed by atoms with Crippen LogP contribution in [0.5, 0.6) is 0 Å². The number of hydrogen-bond acceptors (Lipinski definition) is 3. The molecule has 0 unspecified atom stereocenters. The van der Waals surface area contributed by atoms with E-state index in [0.717, 1.165) is 17.0 Å². The molecule has 2 atom stereocenters. The zero-order valence-corrected chi connectivity index (χ0v) is 9.37. The topological polar surface area (TPSA) is 63.3 Å². The highest BCUT2D eigenvalue weighted by molar-refractivity contribution is 5.77. The number of carbonyl (C=O) groups is 1. The Morgan fingerprint density at radius 3 is 2.40 bits per heavy atom. The van der Waals surface area contributed by atoms with Crippen molar-refractivity contribution >= 4 is 5.97 Å². The van der Waals surface area contributed by atoms with Crippen molar-refractivity contribution in [2.24, 2.45) is 11.3 Å². The fraction of sp³-hybridized carbons (Fsp3) is 0.636. The van der Waals surface area contributed by atoms with E-state index in [2.05, 4.69) is 5.16 Å². The Labute approximate surface area is 88.3 Å². The van der Waals surface area contributed by atoms with Crippen molar-refractivity contribution < 1.29 is 14.4 Å². The van der Waals surface area contributed by atoms with Crippen LogP contribution in [-0.2, 0) is 4.79 Å². The molecule has 0 spiro atoms. The molecule has 1 N–H and O–H groups in total. The summed E-state index contributed by atoms with van der Waals surface area (Å²) in [5.41, 5.74) is 1.61. The second-order valence-corrected chi connectivity index (χ2v) is 4.85. The smallest absolute Gasteiger partial charge is 0.307 e. The third-order valence-electron chi connectivity index (χ3n) is 3.49. The minimum Gasteiger partial charge on any atom is -0.481 e. The van der Waals surface area contributed by atoms with Crippen LogP contribution in [0, 0.1) is 25.2 Å². The van der Waals surface area contributed by atoms with E-state index >= 15 is 0 Å². The summed E-state index contributed by atoms with van der Waals surface area (Å²) in [5, 5.41) is 13.0. The first-order valence-electron chi connectivity index (χ1n) is 5.03. The maximum Gasteiger partial charge on any atom is 0.307 e. The Hall–Kier alpha value is -1.32. The van der Waals surface area contributed by atoms with E-state index in [4.69, 9.17) is 9.63 Å². The molecular weight excluding hydrogens is 194 g/mol. The quantitative estimate of drug-likeness (QED) is 0.810. The summed E-state index contributed by atoms with van der Waals surface area (Å²) in [4.78, 5) is 11.1. The van der Waals surface area contributed by atoms with Crippen molar-refractivity contribution in [1.82, 2.24) is 5.16 Å². The lowest BCUT2D eigenvalue weighted by molar-refractivity contribution is -0.139. The summed E-state index contributed by atoms with van der Waals surface area (Å²) in [5.74, 6) is -0.255. The number of aromatic nitrogens is 1. The number of rotatable bonds is 2. The molecule has 0 amide bonds. The highest BCUT2D eigenvalue weighted by Crippen LogP contribution is 2.65. The van der Waals surface area contributed by atoms with Crippen molar-refractivity contribution in [1.29, 1.82) is 0 Å². The fourth-order valence-electron chi connectivity index (χ4n) is 2.57. The van der Waals surface area contributed by atoms with E-state index in [9.17, 15) is 4.79 Å². The standard InChI is InChI=1S/C11H15NO3/c1-5-7(6(2)15-12-5)8-9(10(13)14)11(8,3)4/h8-9H,1-4H3,(H,13,14)/t8-,9+/m1/s1. The second kappa shape index (κ2) is 2.84. The lowest BCUT2D eigenvalue weighted by Gasteiger charge is -2.00. The zero-order chi connectivity index (χ0) is 11.4. The minimum absolute atomic E-state index is 0.0428. The van der Waals surface area contributed by atoms with Gasteiger partial charge in [0, 0.05) is 11.5 Å². The minimum atomic E-state index is -0.731. The lowest BCUT2D eigenvalue weighted by Crippen LogP contribution is -2.03. The summed E-state index contributed by atoms with van der Waals surface area (Å²) in [6, 6.07) is 0. The van der Waals surface area contributed by atoms with E-state index < -0.39 is 5.97 Å². The predicted octanol–water partition coefficient (Wildman–Crippen LogP) is 2.12. The highest BCUT2D eigenvalue weighted by atomic mass is 16.5. The normalized spacial score (nSPS) is 27.7. The van der Waals surface area contributed by atoms with Gasteiger partial charge >= 0.3 is 5.97 Å². The lowest BCUT2D eigenvalue weighted by atomic mass is 10.0. The van der Waals surface area contributed by atoms with Gasteiger partial charge in [-0.3, -0.25) is 4.79 Å². The number of nitrogens with zero attached hydrogens (tertiary/aromatic N) is 1. The van der Waals surface area contributed by atoms with Gasteiger partial charge in [0.15, 0.2) is 0 Å². The number of aryl methyl sites for hydroxylation is 2. The van der Waals surface area contributed by atoms with E-state index in [-0.39, 0.29) is 17.3 Å². The summed E-state index contributed by atoms with van der Waals surface area (Å²) >= 11 is 0. The van der Waals surface area contributed by atoms with Crippen molar-refractivity contribution in [3.8, 4) is 0 Å². The molecule has 15 heavy (non-hydrogen) atoms. The monoisotopic (exact) mass is 209 g/mol. The van der Waals surface area contributed by atoms with Gasteiger partial charge in [-0.2, -0.15) is 0 Å². The molecule has 0 bridgehead atoms. The molecule has 1 aliphatic carbocycles. The van der Waals surface area contributed by atoms with E-state index in [0.29, 0.717) is 0 Å². The molecule has 1 aromatic rings. The molecule has 1 aromatic heterocycles. The van der Waals surface area contributed by atoms with Gasteiger partial charge < -0.3 is 9.63 Å². The molecule has 1 aliphatic rings. The van der Waals surface area contributed by atoms with Crippen LogP contribution < -0.4 is 0 Å². The molecule has 2 rings (SSSR count). The first kappa shape index (κ1) is 10.2. The molecule has 82 valence electrons. The Morgan fingerprint density at radius 2 is 2.07 bits per heavy atom. The van der Waals surface area contributed by atoms with Crippen LogP contribution in [0.1, 0.15) is 36.8 Å². The van der Waals surface area contributed by atoms with Gasteiger partial charge in [-0.1, -0.05) is 19.0 Å². The van der Waals surface area contributed by atoms with Crippen LogP contribution in [0.4, 0.5) is 0 Å². The number of hydrogen-bond donors (Lipinski definition) is 1. The molecule has 0 radical (unpaired) electrons. The van der Waals surface area contributed by atoms with Gasteiger partial charge in [0.1, 0.15) is 5.76 Å². The number of aliphatic carboxylic acids is 1. The molecule has 4 heteroatoms. The van der Waals surface area contributed by atoms with Crippen molar-refractivity contribution in [3.05, 3.63) is 17.0 Å². The molecule has 1 fully saturated rings. The van der Waals surface area contributed by atoms with E-state index in [1.807, 2.05) is 27.7 Å². The second-order valence-electron chi connectivity index (χ2n) is 4.85. The van der Waals surface area contributed by atoms with Crippen molar-refractivity contribution in [2.45, 2.75) is 33.6 Å². The van der Waals surface area contributed by atoms with Crippen molar-refractivity contribution in [3.63, 3.8) is 0 Å². The van der Waals surface area contributed by atoms with Gasteiger partial charge in [0.05, 0.1) is 11.6 Å². The Balaban J connectivity index is 2.39. The fourth-order valence-corrected chi connectivity index (χ4v) is 2.57. The van der Waals surface area contributed by atoms with Gasteiger partial charge in [0.2, 0.25) is 0 Å². The first-order valence-corrected chi connectivity index (χ1v) is 5.03. The SMILES string of the molecule is Cc1noc(C)c1[C@@H]1[C@@H](C(=O)O)C1(C)C. The number of carboxylic acid groups (broad SMARTS) is 1. The molecule has 1 saturated carbocycles. The summed E-state index contributed by atoms with van der Waals surface area (Å²) in [6.45, 7) is 7.65. The Kier molecular flexibility index (Phi) is 1.93. The van der Waals surface area contributed by atoms with Crippen LogP contribution in [0.2, 0.25) is 0 Å². The summed E-state index contributed by atoms with van der Waals surface area (Å²) < 4.78 is 5.08. The third kappa shape index (κ3) is 1.28. The maximum atomic E-state index is 11.1. The maximum absolute atomic E-state index is 11.1. The van der Waals surface area contributed by atoms with Gasteiger partial charge in [-0.25, -0.2) is 0 Å². The van der Waals surface area contributed by atoms with E-state index in [1.54, 1.807) is 0 Å². The summed E-state index contributed by atoms with van der Waals surface area (Å²) in [6.07, 6.45) is 0. The molecular formula is C11H15NO3. The predicted molar refractivity (Wildman–Crippen MR) is 53.6 cm³/mol. The van der Waals surface area contributed by atoms with Crippen LogP contribution in [0.25, 0.3) is 0 Å².